The highest BCUT2D eigenvalue weighted by Crippen LogP contribution is 2.17. The lowest BCUT2D eigenvalue weighted by Crippen LogP contribution is -2.46. The lowest BCUT2D eigenvalue weighted by molar-refractivity contribution is -0.141. The summed E-state index contributed by atoms with van der Waals surface area (Å²) in [7, 11) is 0. The number of carbonyl (C=O) groups excluding carboxylic acids is 1. The SMILES string of the molecule is CC(C)CN(CC1CCCN1)C(=O)C1CCCO1. The number of nitrogens with zero attached hydrogens (tertiary/aromatic N) is 1. The highest BCUT2D eigenvalue weighted by Gasteiger charge is 2.30. The first-order chi connectivity index (χ1) is 8.66. The third-order valence-corrected chi connectivity index (χ3v) is 3.71. The number of carbonyl (C=O) groups is 1. The van der Waals surface area contributed by atoms with Crippen molar-refractivity contribution in [3.05, 3.63) is 0 Å². The van der Waals surface area contributed by atoms with Crippen molar-refractivity contribution in [2.75, 3.05) is 26.2 Å². The Kier molecular flexibility index (Phi) is 5.01. The molecule has 1 N–H and O–H groups in total. The van der Waals surface area contributed by atoms with E-state index in [4.69, 9.17) is 4.74 Å². The molecule has 0 aromatic rings. The molecule has 18 heavy (non-hydrogen) atoms. The maximum absolute atomic E-state index is 12.4. The minimum absolute atomic E-state index is 0.176. The molecular formula is C14H26N2O2. The summed E-state index contributed by atoms with van der Waals surface area (Å²) in [6, 6.07) is 0.481. The fraction of sp³-hybridized carbons (Fsp3) is 0.929. The van der Waals surface area contributed by atoms with Crippen LogP contribution in [0.25, 0.3) is 0 Å². The highest BCUT2D eigenvalue weighted by molar-refractivity contribution is 5.81. The number of nitrogens with one attached hydrogen (secondary N) is 1. The molecule has 0 aromatic heterocycles. The summed E-state index contributed by atoms with van der Waals surface area (Å²) < 4.78 is 5.53. The zero-order valence-electron chi connectivity index (χ0n) is 11.7. The van der Waals surface area contributed by atoms with E-state index in [-0.39, 0.29) is 12.0 Å². The van der Waals surface area contributed by atoms with E-state index >= 15 is 0 Å². The van der Waals surface area contributed by atoms with Crippen molar-refractivity contribution in [1.29, 1.82) is 0 Å². The van der Waals surface area contributed by atoms with Crippen LogP contribution in [-0.2, 0) is 9.53 Å². The second-order valence-electron chi connectivity index (χ2n) is 5.93. The number of rotatable bonds is 5. The zero-order valence-corrected chi connectivity index (χ0v) is 11.7. The van der Waals surface area contributed by atoms with Crippen molar-refractivity contribution in [3.63, 3.8) is 0 Å². The van der Waals surface area contributed by atoms with Crippen LogP contribution in [0.15, 0.2) is 0 Å². The first-order valence-corrected chi connectivity index (χ1v) is 7.30. The fourth-order valence-corrected chi connectivity index (χ4v) is 2.85. The molecule has 4 heteroatoms. The summed E-state index contributed by atoms with van der Waals surface area (Å²) in [5.41, 5.74) is 0. The van der Waals surface area contributed by atoms with E-state index in [1.165, 1.54) is 12.8 Å². The molecule has 0 aromatic carbocycles. The molecule has 2 heterocycles. The normalized spacial score (nSPS) is 27.9. The first kappa shape index (κ1) is 13.8. The Morgan fingerprint density at radius 1 is 1.39 bits per heavy atom. The molecule has 0 saturated carbocycles. The molecule has 1 amide bonds. The van der Waals surface area contributed by atoms with Crippen LogP contribution in [0.3, 0.4) is 0 Å². The van der Waals surface area contributed by atoms with Crippen molar-refractivity contribution >= 4 is 5.91 Å². The van der Waals surface area contributed by atoms with Crippen molar-refractivity contribution < 1.29 is 9.53 Å². The summed E-state index contributed by atoms with van der Waals surface area (Å²) in [5.74, 6) is 0.714. The van der Waals surface area contributed by atoms with E-state index in [0.29, 0.717) is 12.0 Å². The van der Waals surface area contributed by atoms with Gasteiger partial charge in [-0.3, -0.25) is 4.79 Å². The molecular weight excluding hydrogens is 228 g/mol. The molecule has 2 atom stereocenters. The molecule has 2 unspecified atom stereocenters. The van der Waals surface area contributed by atoms with Gasteiger partial charge in [0.25, 0.3) is 5.91 Å². The zero-order chi connectivity index (χ0) is 13.0. The average Bonchev–Trinajstić information content (AvgIpc) is 2.99. The molecule has 2 aliphatic rings. The summed E-state index contributed by atoms with van der Waals surface area (Å²) in [5, 5.41) is 3.47. The molecule has 0 radical (unpaired) electrons. The van der Waals surface area contributed by atoms with Crippen LogP contribution < -0.4 is 5.32 Å². The number of amides is 1. The van der Waals surface area contributed by atoms with E-state index in [2.05, 4.69) is 19.2 Å². The molecule has 2 fully saturated rings. The Balaban J connectivity index is 1.91. The Morgan fingerprint density at radius 3 is 2.78 bits per heavy atom. The molecule has 0 bridgehead atoms. The van der Waals surface area contributed by atoms with Crippen LogP contribution >= 0.6 is 0 Å². The molecule has 0 aliphatic carbocycles. The third kappa shape index (κ3) is 3.69. The van der Waals surface area contributed by atoms with Gasteiger partial charge in [-0.05, 0) is 38.1 Å². The quantitative estimate of drug-likeness (QED) is 0.806. The smallest absolute Gasteiger partial charge is 0.251 e. The van der Waals surface area contributed by atoms with Gasteiger partial charge in [0.05, 0.1) is 0 Å². The Morgan fingerprint density at radius 2 is 2.22 bits per heavy atom. The van der Waals surface area contributed by atoms with Crippen LogP contribution in [0.2, 0.25) is 0 Å². The lowest BCUT2D eigenvalue weighted by atomic mass is 10.1. The predicted octanol–water partition coefficient (Wildman–Crippen LogP) is 1.40. The van der Waals surface area contributed by atoms with Gasteiger partial charge in [0, 0.05) is 25.7 Å². The molecule has 4 nitrogen and oxygen atoms in total. The van der Waals surface area contributed by atoms with Crippen LogP contribution in [0, 0.1) is 5.92 Å². The molecule has 2 rings (SSSR count). The first-order valence-electron chi connectivity index (χ1n) is 7.30. The van der Waals surface area contributed by atoms with E-state index in [1.54, 1.807) is 0 Å². The van der Waals surface area contributed by atoms with Crippen LogP contribution in [-0.4, -0.2) is 49.2 Å². The maximum atomic E-state index is 12.4. The van der Waals surface area contributed by atoms with E-state index in [1.807, 2.05) is 4.90 Å². The van der Waals surface area contributed by atoms with Gasteiger partial charge in [-0.2, -0.15) is 0 Å². The second-order valence-corrected chi connectivity index (χ2v) is 5.93. The van der Waals surface area contributed by atoms with Crippen molar-refractivity contribution in [2.24, 2.45) is 5.92 Å². The number of ether oxygens (including phenoxy) is 1. The van der Waals surface area contributed by atoms with Crippen molar-refractivity contribution in [2.45, 2.75) is 51.7 Å². The lowest BCUT2D eigenvalue weighted by Gasteiger charge is -2.29. The summed E-state index contributed by atoms with van der Waals surface area (Å²) in [6.07, 6.45) is 4.16. The standard InChI is InChI=1S/C14H26N2O2/c1-11(2)9-16(10-12-5-3-7-15-12)14(17)13-6-4-8-18-13/h11-13,15H,3-10H2,1-2H3. The fourth-order valence-electron chi connectivity index (χ4n) is 2.85. The second kappa shape index (κ2) is 6.53. The Hall–Kier alpha value is -0.610. The number of hydrogen-bond donors (Lipinski definition) is 1. The topological polar surface area (TPSA) is 41.6 Å². The minimum atomic E-state index is -0.176. The monoisotopic (exact) mass is 254 g/mol. The minimum Gasteiger partial charge on any atom is -0.368 e. The average molecular weight is 254 g/mol. The predicted molar refractivity (Wildman–Crippen MR) is 71.4 cm³/mol. The highest BCUT2D eigenvalue weighted by atomic mass is 16.5. The van der Waals surface area contributed by atoms with Gasteiger partial charge >= 0.3 is 0 Å². The van der Waals surface area contributed by atoms with Crippen molar-refractivity contribution in [3.8, 4) is 0 Å². The summed E-state index contributed by atoms with van der Waals surface area (Å²) in [6.45, 7) is 7.85. The van der Waals surface area contributed by atoms with Gasteiger partial charge in [0.1, 0.15) is 6.10 Å². The van der Waals surface area contributed by atoms with Gasteiger partial charge < -0.3 is 15.0 Å². The number of hydrogen-bond acceptors (Lipinski definition) is 3. The van der Waals surface area contributed by atoms with Gasteiger partial charge in [-0.1, -0.05) is 13.8 Å². The van der Waals surface area contributed by atoms with E-state index in [9.17, 15) is 4.79 Å². The molecule has 2 saturated heterocycles. The van der Waals surface area contributed by atoms with Crippen LogP contribution in [0.4, 0.5) is 0 Å². The summed E-state index contributed by atoms with van der Waals surface area (Å²) >= 11 is 0. The Labute approximate surface area is 110 Å². The van der Waals surface area contributed by atoms with Crippen LogP contribution in [0.1, 0.15) is 39.5 Å². The molecule has 0 spiro atoms. The molecule has 104 valence electrons. The van der Waals surface area contributed by atoms with E-state index < -0.39 is 0 Å². The maximum Gasteiger partial charge on any atom is 0.251 e. The Bertz CT molecular complexity index is 269. The summed E-state index contributed by atoms with van der Waals surface area (Å²) in [4.78, 5) is 14.5. The van der Waals surface area contributed by atoms with Gasteiger partial charge in [-0.25, -0.2) is 0 Å². The van der Waals surface area contributed by atoms with E-state index in [0.717, 1.165) is 39.1 Å². The third-order valence-electron chi connectivity index (χ3n) is 3.71. The van der Waals surface area contributed by atoms with Crippen molar-refractivity contribution in [1.82, 2.24) is 10.2 Å². The molecule has 2 aliphatic heterocycles. The van der Waals surface area contributed by atoms with Gasteiger partial charge in [0.2, 0.25) is 0 Å². The van der Waals surface area contributed by atoms with Crippen LogP contribution in [0.5, 0.6) is 0 Å². The van der Waals surface area contributed by atoms with Gasteiger partial charge in [-0.15, -0.1) is 0 Å². The van der Waals surface area contributed by atoms with Gasteiger partial charge in [0.15, 0.2) is 0 Å². The largest absolute Gasteiger partial charge is 0.368 e.